The summed E-state index contributed by atoms with van der Waals surface area (Å²) in [4.78, 5) is 285. The minimum Gasteiger partial charge on any atom is -0.549 e. The Morgan fingerprint density at radius 3 is 0.475 bits per heavy atom. The summed E-state index contributed by atoms with van der Waals surface area (Å²) in [5, 5.41) is 153. The van der Waals surface area contributed by atoms with Crippen LogP contribution in [0.2, 0.25) is 0 Å². The average Bonchev–Trinajstić information content (AvgIpc) is 0.833. The van der Waals surface area contributed by atoms with Crippen molar-refractivity contribution in [2.45, 2.75) is 58.8 Å². The fourth-order valence-electron chi connectivity index (χ4n) is 15.4. The first-order valence-electron chi connectivity index (χ1n) is 44.9. The number of amides is 8. The van der Waals surface area contributed by atoms with E-state index in [4.69, 9.17) is 4.84 Å². The summed E-state index contributed by atoms with van der Waals surface area (Å²) in [5.74, 6) is -24.3. The molecule has 4 aliphatic heterocycles. The number of hydrogen-bond acceptors (Lipinski definition) is 48. The number of hydroxylamine groups is 2. The zero-order valence-electron chi connectivity index (χ0n) is 79.5. The van der Waals surface area contributed by atoms with Crippen molar-refractivity contribution in [1.29, 1.82) is 0 Å². The Kier molecular flexibility index (Phi) is 70.1. The zero-order valence-corrected chi connectivity index (χ0v) is 88.6. The van der Waals surface area contributed by atoms with Crippen LogP contribution in [-0.2, 0) is 101 Å². The van der Waals surface area contributed by atoms with Gasteiger partial charge in [-0.25, -0.2) is 0 Å². The summed E-state index contributed by atoms with van der Waals surface area (Å²) in [6, 6.07) is -4.74. The molecule has 0 aromatic rings. The van der Waals surface area contributed by atoms with Crippen LogP contribution in [0.5, 0.6) is 0 Å². The summed E-state index contributed by atoms with van der Waals surface area (Å²) < 4.78 is 0. The van der Waals surface area contributed by atoms with Gasteiger partial charge in [0.2, 0.25) is 47.3 Å². The molecule has 4 fully saturated rings. The minimum atomic E-state index is -1.93. The van der Waals surface area contributed by atoms with Gasteiger partial charge in [0.1, 0.15) is 0 Å². The second-order valence-corrected chi connectivity index (χ2v) is 34.0. The number of carbonyl (C=O) groups excluding carboxylic acids is 20. The first-order chi connectivity index (χ1) is 64.6. The Labute approximate surface area is 944 Å². The normalized spacial score (nSPS) is 19.0. The van der Waals surface area contributed by atoms with Crippen molar-refractivity contribution in [2.24, 2.45) is 5.41 Å². The molecule has 4 atom stereocenters. The molecule has 796 valence electrons. The third kappa shape index (κ3) is 59.6. The van der Waals surface area contributed by atoms with Gasteiger partial charge in [-0.1, -0.05) is 0 Å². The molecular weight excluding hydrogens is 2450 g/mol. The summed E-state index contributed by atoms with van der Waals surface area (Å²) in [6.45, 7) is -8.00. The predicted octanol–water partition coefficient (Wildman–Crippen LogP) is -27.9. The second-order valence-electron chi connectivity index (χ2n) is 34.0. The number of carbonyl (C=O) groups is 20. The number of carboxylic acid groups (broad SMARTS) is 11. The van der Waals surface area contributed by atoms with Crippen molar-refractivity contribution >= 4 is 119 Å². The first-order valence-corrected chi connectivity index (χ1v) is 44.9. The average molecular weight is 2580 g/mol. The Bertz CT molecular complexity index is 3420. The number of carboxylic acids is 11. The maximum Gasteiger partial charge on any atom is 3.00 e. The van der Waals surface area contributed by atoms with Crippen LogP contribution in [0.1, 0.15) is 34.6 Å². The molecule has 0 aromatic heterocycles. The minimum absolute atomic E-state index is 0. The number of aliphatic carboxylic acids is 11. The smallest absolute Gasteiger partial charge is 0.549 e. The molecule has 4 aliphatic rings. The van der Waals surface area contributed by atoms with Gasteiger partial charge in [-0.2, -0.15) is 0 Å². The fraction of sp³-hybridized carbons (Fsp3) is 0.753. The molecule has 0 bridgehead atoms. The van der Waals surface area contributed by atoms with Gasteiger partial charge < -0.3 is 156 Å². The molecule has 0 spiro atoms. The van der Waals surface area contributed by atoms with E-state index in [1.54, 1.807) is 19.6 Å². The number of nitrogens with one attached hydrogen (secondary N) is 8. The quantitative estimate of drug-likeness (QED) is 0.0280. The van der Waals surface area contributed by atoms with Gasteiger partial charge in [0, 0.05) is 320 Å². The van der Waals surface area contributed by atoms with Crippen LogP contribution < -0.4 is 98.7 Å². The monoisotopic (exact) mass is 2580 g/mol. The summed E-state index contributed by atoms with van der Waals surface area (Å²) in [6.07, 6.45) is 0. The number of hydrogen-bond donors (Lipinski definition) is 8. The van der Waals surface area contributed by atoms with Crippen LogP contribution in [0.15, 0.2) is 0 Å². The molecule has 0 aliphatic carbocycles. The molecule has 0 saturated carbocycles. The van der Waals surface area contributed by atoms with Crippen molar-refractivity contribution in [3.8, 4) is 0 Å². The van der Waals surface area contributed by atoms with E-state index in [0.717, 1.165) is 6.92 Å². The van der Waals surface area contributed by atoms with Crippen molar-refractivity contribution in [1.82, 2.24) is 121 Å². The van der Waals surface area contributed by atoms with E-state index in [0.29, 0.717) is 0 Å². The largest absolute Gasteiger partial charge is 3.00 e. The van der Waals surface area contributed by atoms with Gasteiger partial charge in [-0.3, -0.25) is 117 Å². The molecule has 4 heterocycles. The maximum absolute atomic E-state index is 14.4. The molecular formula is C81H129Gd4N24O32+. The zero-order chi connectivity index (χ0) is 102. The first kappa shape index (κ1) is 135. The maximum atomic E-state index is 14.4. The molecule has 56 nitrogen and oxygen atoms in total. The van der Waals surface area contributed by atoms with Crippen molar-refractivity contribution in [3.05, 3.63) is 0 Å². The van der Waals surface area contributed by atoms with Crippen LogP contribution >= 0.6 is 0 Å². The standard InChI is InChI=1S/C81H140N24O32.4Gd/c1-57(101-28-18-93(45-69(117)118)12-6-90(42-66(111)112)7-13-94(19-29-101)46-70(119)120)77(133)82-38-62(107)86-53-81(54-87-63(108)39-83-78(134)58(2)102-30-20-95(47-71(121)122)14-8-91(43-67(113)114)9-15-96(21-31-102)48-72(123)124,55-88-64(109)40-84-79(135)59(3)103-32-22-97(49-73(125)126)16-10-92(44-68(115)116)11-17-98(23-33-103)50-74(127)128)56-89-65(110)41-85-80(136)60(4)104-34-24-99(51-75(129)130)26-36-105(137-61(5)106)37-27-100(25-35-104)52-76(131)132;;;;/h57-60H,6-56H2,1-5H3,(H,82,133)(H,83,134)(H,84,135)(H,85,136)(H,86,107)(H,87,108)(H,88,109)(H,89,110)(H,111,112)(H,113,114)(H,115,116)(H,117,118)(H,119,120)(H,121,122)(H,123,124)(H,125,126)(H,127,128)(H,129,130)(H,131,132);;;;/q;4*+3/p-11. The van der Waals surface area contributed by atoms with Crippen LogP contribution in [0.3, 0.4) is 0 Å². The van der Waals surface area contributed by atoms with Crippen LogP contribution in [-0.4, -0.2) is 555 Å². The van der Waals surface area contributed by atoms with E-state index in [1.165, 1.54) is 86.7 Å². The molecule has 4 unspecified atom stereocenters. The van der Waals surface area contributed by atoms with E-state index in [9.17, 15) is 152 Å². The van der Waals surface area contributed by atoms with Crippen LogP contribution in [0, 0.1) is 165 Å². The summed E-state index contributed by atoms with van der Waals surface area (Å²) >= 11 is 0. The molecule has 4 rings (SSSR count). The SMILES string of the molecule is CC(=O)ON1CCN(CC(=O)[O-])CCN(C(C)C(=O)NCC(=O)NCC(CNC(=O)CNC(=O)C(C)N2CCN(CC(=O)[O-])CCN(CC(=O)[O-])CCN(CC(=O)[O-])CC2)(CNC(=O)CNC(=O)C(C)N2CCN(CC(=O)[O-])CCN(CC(=O)[O-])CCN(CC(=O)[O-])CC2)CNC(=O)CNC(=O)C(C)N2CCN(CC(=O)[O-])CCN(CC(=O)[O-])CCN(CC(=O)[O-])CC2)CCN(CC(=O)[O-])CC1.[Gd+3].[Gd+3].[Gd+3].[Gd+3]. The molecule has 8 N–H and O–H groups in total. The van der Waals surface area contributed by atoms with Crippen molar-refractivity contribution < 1.29 is 317 Å². The van der Waals surface area contributed by atoms with Gasteiger partial charge in [0.15, 0.2) is 0 Å². The Morgan fingerprint density at radius 2 is 0.348 bits per heavy atom. The second kappa shape index (κ2) is 73.2. The molecule has 8 amide bonds. The Hall–Kier alpha value is -5.94. The fourth-order valence-corrected chi connectivity index (χ4v) is 15.4. The third-order valence-corrected chi connectivity index (χ3v) is 23.5. The van der Waals surface area contributed by atoms with E-state index in [-0.39, 0.29) is 369 Å². The Balaban J connectivity index is 0.0000490. The summed E-state index contributed by atoms with van der Waals surface area (Å²) in [7, 11) is 0. The van der Waals surface area contributed by atoms with Gasteiger partial charge >= 0.3 is 166 Å². The molecule has 60 heteroatoms. The van der Waals surface area contributed by atoms with Gasteiger partial charge in [0.05, 0.1) is 116 Å². The van der Waals surface area contributed by atoms with Gasteiger partial charge in [-0.05, 0) is 27.7 Å². The van der Waals surface area contributed by atoms with Gasteiger partial charge in [0.25, 0.3) is 0 Å². The Morgan fingerprint density at radius 1 is 0.220 bits per heavy atom. The molecule has 4 radical (unpaired) electrons. The van der Waals surface area contributed by atoms with E-state index in [2.05, 4.69) is 42.5 Å². The van der Waals surface area contributed by atoms with Crippen molar-refractivity contribution in [3.63, 3.8) is 0 Å². The van der Waals surface area contributed by atoms with E-state index >= 15 is 0 Å². The summed E-state index contributed by atoms with van der Waals surface area (Å²) in [5.41, 5.74) is -1.93. The molecule has 4 saturated heterocycles. The van der Waals surface area contributed by atoms with Gasteiger partial charge in [-0.15, -0.1) is 5.06 Å². The topological polar surface area (TPSA) is 752 Å². The number of nitrogens with zero attached hydrogens (tertiary/aromatic N) is 16. The molecule has 0 aromatic carbocycles. The van der Waals surface area contributed by atoms with Crippen LogP contribution in [0.4, 0.5) is 0 Å². The van der Waals surface area contributed by atoms with Crippen LogP contribution in [0.25, 0.3) is 0 Å². The van der Waals surface area contributed by atoms with E-state index in [1.807, 2.05) is 0 Å². The van der Waals surface area contributed by atoms with E-state index < -0.39 is 273 Å². The number of rotatable bonds is 47. The molecule has 141 heavy (non-hydrogen) atoms. The third-order valence-electron chi connectivity index (χ3n) is 23.5. The predicted molar refractivity (Wildman–Crippen MR) is 450 cm³/mol. The van der Waals surface area contributed by atoms with Crippen molar-refractivity contribution in [2.75, 3.05) is 334 Å².